The normalized spacial score (nSPS) is 17.2. The van der Waals surface area contributed by atoms with E-state index in [2.05, 4.69) is 10.6 Å². The van der Waals surface area contributed by atoms with E-state index in [1.807, 2.05) is 0 Å². The second-order valence-corrected chi connectivity index (χ2v) is 4.96. The van der Waals surface area contributed by atoms with E-state index in [4.69, 9.17) is 14.2 Å². The third-order valence-electron chi connectivity index (χ3n) is 3.19. The van der Waals surface area contributed by atoms with Crippen LogP contribution in [0.5, 0.6) is 5.75 Å². The summed E-state index contributed by atoms with van der Waals surface area (Å²) >= 11 is 0. The Labute approximate surface area is 141 Å². The van der Waals surface area contributed by atoms with E-state index in [-0.39, 0.29) is 30.8 Å². The number of hydrogen-bond donors (Lipinski definition) is 2. The van der Waals surface area contributed by atoms with Gasteiger partial charge in [0.25, 0.3) is 0 Å². The number of methoxy groups -OCH3 is 1. The second kappa shape index (κ2) is 10.4. The van der Waals surface area contributed by atoms with Crippen LogP contribution in [-0.2, 0) is 14.3 Å². The lowest BCUT2D eigenvalue weighted by Crippen LogP contribution is -2.43. The van der Waals surface area contributed by atoms with Gasteiger partial charge in [-0.1, -0.05) is 0 Å². The van der Waals surface area contributed by atoms with Gasteiger partial charge in [-0.05, 0) is 12.1 Å². The number of ether oxygens (including phenoxy) is 3. The molecule has 1 aliphatic heterocycles. The molecule has 8 heteroatoms. The first-order valence-electron chi connectivity index (χ1n) is 7.21. The van der Waals surface area contributed by atoms with Crippen molar-refractivity contribution >= 4 is 24.0 Å². The zero-order valence-corrected chi connectivity index (χ0v) is 13.8. The van der Waals surface area contributed by atoms with Crippen LogP contribution in [-0.4, -0.2) is 52.0 Å². The Bertz CT molecular complexity index is 498. The second-order valence-electron chi connectivity index (χ2n) is 4.96. The monoisotopic (exact) mass is 348 g/mol. The molecular formula is C15H22ClFN2O4. The smallest absolute Gasteiger partial charge is 0.226 e. The molecule has 2 rings (SSSR count). The van der Waals surface area contributed by atoms with E-state index < -0.39 is 5.82 Å². The molecule has 0 spiro atoms. The van der Waals surface area contributed by atoms with Gasteiger partial charge in [-0.15, -0.1) is 12.4 Å². The van der Waals surface area contributed by atoms with Gasteiger partial charge < -0.3 is 24.8 Å². The molecule has 0 aliphatic carbocycles. The fourth-order valence-electron chi connectivity index (χ4n) is 2.14. The number of carbonyl (C=O) groups is 1. The van der Waals surface area contributed by atoms with Gasteiger partial charge in [-0.3, -0.25) is 4.79 Å². The predicted molar refractivity (Wildman–Crippen MR) is 86.9 cm³/mol. The molecule has 1 aromatic rings. The van der Waals surface area contributed by atoms with Crippen molar-refractivity contribution < 1.29 is 23.4 Å². The van der Waals surface area contributed by atoms with Gasteiger partial charge in [0.2, 0.25) is 5.91 Å². The predicted octanol–water partition coefficient (Wildman–Crippen LogP) is 1.59. The molecule has 1 fully saturated rings. The number of rotatable bonds is 7. The number of anilines is 1. The minimum Gasteiger partial charge on any atom is -0.489 e. The van der Waals surface area contributed by atoms with Crippen molar-refractivity contribution in [2.75, 3.05) is 45.4 Å². The van der Waals surface area contributed by atoms with Crippen LogP contribution in [0.3, 0.4) is 0 Å². The average Bonchev–Trinajstić information content (AvgIpc) is 2.50. The molecule has 1 unspecified atom stereocenters. The first-order chi connectivity index (χ1) is 10.7. The van der Waals surface area contributed by atoms with Gasteiger partial charge in [0.05, 0.1) is 25.5 Å². The minimum absolute atomic E-state index is 0. The first kappa shape index (κ1) is 19.6. The van der Waals surface area contributed by atoms with Crippen molar-refractivity contribution in [2.45, 2.75) is 12.5 Å². The molecule has 0 saturated carbocycles. The zero-order valence-electron chi connectivity index (χ0n) is 13.0. The van der Waals surface area contributed by atoms with Crippen molar-refractivity contribution in [1.82, 2.24) is 5.32 Å². The maximum absolute atomic E-state index is 13.4. The molecular weight excluding hydrogens is 327 g/mol. The molecule has 0 bridgehead atoms. The molecule has 1 aliphatic rings. The lowest BCUT2D eigenvalue weighted by atomic mass is 10.2. The summed E-state index contributed by atoms with van der Waals surface area (Å²) in [6.45, 7) is 2.60. The Kier molecular flexibility index (Phi) is 8.86. The van der Waals surface area contributed by atoms with E-state index in [9.17, 15) is 9.18 Å². The summed E-state index contributed by atoms with van der Waals surface area (Å²) in [6, 6.07) is 3.99. The van der Waals surface area contributed by atoms with Gasteiger partial charge in [-0.2, -0.15) is 0 Å². The van der Waals surface area contributed by atoms with E-state index in [0.717, 1.165) is 6.54 Å². The minimum atomic E-state index is -0.437. The van der Waals surface area contributed by atoms with Crippen LogP contribution >= 0.6 is 12.4 Å². The molecule has 1 atom stereocenters. The number of amides is 1. The number of halogens is 2. The molecule has 1 saturated heterocycles. The van der Waals surface area contributed by atoms with Crippen LogP contribution < -0.4 is 15.4 Å². The SMILES string of the molecule is COCCOc1ccc(F)cc1NC(=O)CC1COCCN1.Cl. The Morgan fingerprint density at radius 3 is 3.00 bits per heavy atom. The summed E-state index contributed by atoms with van der Waals surface area (Å²) in [6.07, 6.45) is 0.258. The third kappa shape index (κ3) is 6.70. The van der Waals surface area contributed by atoms with E-state index in [0.29, 0.717) is 37.9 Å². The first-order valence-corrected chi connectivity index (χ1v) is 7.21. The van der Waals surface area contributed by atoms with Crippen molar-refractivity contribution in [3.63, 3.8) is 0 Å². The summed E-state index contributed by atoms with van der Waals surface area (Å²) < 4.78 is 29.1. The zero-order chi connectivity index (χ0) is 15.8. The molecule has 2 N–H and O–H groups in total. The third-order valence-corrected chi connectivity index (χ3v) is 3.19. The Morgan fingerprint density at radius 2 is 2.30 bits per heavy atom. The Balaban J connectivity index is 0.00000264. The van der Waals surface area contributed by atoms with E-state index in [1.165, 1.54) is 18.2 Å². The van der Waals surface area contributed by atoms with Gasteiger partial charge in [-0.25, -0.2) is 4.39 Å². The Hall–Kier alpha value is -1.41. The maximum Gasteiger partial charge on any atom is 0.226 e. The van der Waals surface area contributed by atoms with Crippen LogP contribution in [0, 0.1) is 5.82 Å². The lowest BCUT2D eigenvalue weighted by molar-refractivity contribution is -0.117. The summed E-state index contributed by atoms with van der Waals surface area (Å²) in [5.74, 6) is -0.238. The highest BCUT2D eigenvalue weighted by molar-refractivity contribution is 5.92. The molecule has 23 heavy (non-hydrogen) atoms. The number of nitrogens with one attached hydrogen (secondary N) is 2. The molecule has 6 nitrogen and oxygen atoms in total. The standard InChI is InChI=1S/C15H21FN2O4.ClH/c1-20-6-7-22-14-3-2-11(16)8-13(14)18-15(19)9-12-10-21-5-4-17-12;/h2-3,8,12,17H,4-7,9-10H2,1H3,(H,18,19);1H. The Morgan fingerprint density at radius 1 is 1.48 bits per heavy atom. The van der Waals surface area contributed by atoms with Crippen molar-refractivity contribution in [3.8, 4) is 5.75 Å². The van der Waals surface area contributed by atoms with Crippen molar-refractivity contribution in [1.29, 1.82) is 0 Å². The highest BCUT2D eigenvalue weighted by Gasteiger charge is 2.18. The van der Waals surface area contributed by atoms with Gasteiger partial charge in [0.15, 0.2) is 0 Å². The molecule has 1 heterocycles. The fraction of sp³-hybridized carbons (Fsp3) is 0.533. The maximum atomic E-state index is 13.4. The van der Waals surface area contributed by atoms with Crippen molar-refractivity contribution in [3.05, 3.63) is 24.0 Å². The quantitative estimate of drug-likeness (QED) is 0.732. The summed E-state index contributed by atoms with van der Waals surface area (Å²) in [5, 5.41) is 5.88. The lowest BCUT2D eigenvalue weighted by Gasteiger charge is -2.23. The van der Waals surface area contributed by atoms with Gasteiger partial charge >= 0.3 is 0 Å². The van der Waals surface area contributed by atoms with Crippen LogP contribution in [0.25, 0.3) is 0 Å². The summed E-state index contributed by atoms with van der Waals surface area (Å²) in [7, 11) is 1.57. The van der Waals surface area contributed by atoms with Crippen molar-refractivity contribution in [2.24, 2.45) is 0 Å². The number of benzene rings is 1. The number of hydrogen-bond acceptors (Lipinski definition) is 5. The number of morpholine rings is 1. The van der Waals surface area contributed by atoms with Gasteiger partial charge in [0.1, 0.15) is 18.2 Å². The average molecular weight is 349 g/mol. The molecule has 1 amide bonds. The van der Waals surface area contributed by atoms with Gasteiger partial charge in [0, 0.05) is 32.2 Å². The topological polar surface area (TPSA) is 68.8 Å². The highest BCUT2D eigenvalue weighted by atomic mass is 35.5. The van der Waals surface area contributed by atoms with E-state index in [1.54, 1.807) is 7.11 Å². The van der Waals surface area contributed by atoms with Crippen LogP contribution in [0.1, 0.15) is 6.42 Å². The van der Waals surface area contributed by atoms with Crippen LogP contribution in [0.15, 0.2) is 18.2 Å². The fourth-order valence-corrected chi connectivity index (χ4v) is 2.14. The molecule has 130 valence electrons. The van der Waals surface area contributed by atoms with Crippen LogP contribution in [0.4, 0.5) is 10.1 Å². The number of carbonyl (C=O) groups excluding carboxylic acids is 1. The largest absolute Gasteiger partial charge is 0.489 e. The molecule has 0 radical (unpaired) electrons. The van der Waals surface area contributed by atoms with Crippen LogP contribution in [0.2, 0.25) is 0 Å². The summed E-state index contributed by atoms with van der Waals surface area (Å²) in [4.78, 5) is 12.1. The highest BCUT2D eigenvalue weighted by Crippen LogP contribution is 2.25. The molecule has 1 aromatic carbocycles. The summed E-state index contributed by atoms with van der Waals surface area (Å²) in [5.41, 5.74) is 0.317. The van der Waals surface area contributed by atoms with E-state index >= 15 is 0 Å². The molecule has 0 aromatic heterocycles.